The molecule has 7 heteroatoms. The standard InChI is InChI=1S/C18H24N6O/c1-11-5-3-6-13(9-11)22-16-14-15(12(2)10-21-17(14)25)23-18(24-16)20-8-4-7-19/h3,5,9-10,13H,4,6-8,19H2,1-2H3,(H,21,25)(H2,20,22,23,24). The third kappa shape index (κ3) is 3.88. The number of aromatic nitrogens is 3. The number of hydrogen-bond donors (Lipinski definition) is 4. The topological polar surface area (TPSA) is 109 Å². The van der Waals surface area contributed by atoms with Gasteiger partial charge in [0.2, 0.25) is 5.95 Å². The maximum atomic E-state index is 12.4. The van der Waals surface area contributed by atoms with Crippen LogP contribution in [0.4, 0.5) is 11.8 Å². The first-order chi connectivity index (χ1) is 12.1. The van der Waals surface area contributed by atoms with E-state index in [-0.39, 0.29) is 11.6 Å². The fourth-order valence-corrected chi connectivity index (χ4v) is 2.88. The number of aryl methyl sites for hydroxylation is 1. The molecule has 25 heavy (non-hydrogen) atoms. The van der Waals surface area contributed by atoms with E-state index in [1.807, 2.05) is 6.92 Å². The lowest BCUT2D eigenvalue weighted by Gasteiger charge is -2.19. The molecule has 2 heterocycles. The predicted molar refractivity (Wildman–Crippen MR) is 102 cm³/mol. The Morgan fingerprint density at radius 2 is 2.20 bits per heavy atom. The second-order valence-electron chi connectivity index (χ2n) is 6.29. The first-order valence-electron chi connectivity index (χ1n) is 8.54. The number of rotatable bonds is 6. The number of pyridine rings is 1. The Bertz CT molecular complexity index is 883. The van der Waals surface area contributed by atoms with Crippen LogP contribution in [0.15, 0.2) is 34.8 Å². The van der Waals surface area contributed by atoms with Crippen molar-refractivity contribution >= 4 is 22.7 Å². The van der Waals surface area contributed by atoms with Gasteiger partial charge in [-0.2, -0.15) is 4.98 Å². The van der Waals surface area contributed by atoms with Gasteiger partial charge in [0, 0.05) is 18.8 Å². The monoisotopic (exact) mass is 340 g/mol. The van der Waals surface area contributed by atoms with Gasteiger partial charge < -0.3 is 21.4 Å². The average molecular weight is 340 g/mol. The van der Waals surface area contributed by atoms with Crippen LogP contribution in [-0.2, 0) is 0 Å². The van der Waals surface area contributed by atoms with Crippen molar-refractivity contribution in [2.75, 3.05) is 23.7 Å². The first kappa shape index (κ1) is 17.2. The molecule has 0 saturated heterocycles. The molecule has 0 bridgehead atoms. The molecule has 7 nitrogen and oxygen atoms in total. The maximum Gasteiger partial charge on any atom is 0.261 e. The minimum absolute atomic E-state index is 0.0971. The Morgan fingerprint density at radius 3 is 2.96 bits per heavy atom. The molecule has 0 amide bonds. The van der Waals surface area contributed by atoms with Gasteiger partial charge in [-0.25, -0.2) is 4.98 Å². The molecule has 132 valence electrons. The number of aromatic amines is 1. The van der Waals surface area contributed by atoms with Crippen LogP contribution in [0, 0.1) is 6.92 Å². The number of fused-ring (bicyclic) bond motifs is 1. The highest BCUT2D eigenvalue weighted by molar-refractivity contribution is 5.91. The van der Waals surface area contributed by atoms with Crippen molar-refractivity contribution in [3.05, 3.63) is 45.9 Å². The third-order valence-electron chi connectivity index (χ3n) is 4.15. The molecule has 2 aromatic heterocycles. The van der Waals surface area contributed by atoms with Crippen molar-refractivity contribution in [3.8, 4) is 0 Å². The Morgan fingerprint density at radius 1 is 1.36 bits per heavy atom. The van der Waals surface area contributed by atoms with Crippen LogP contribution in [0.5, 0.6) is 0 Å². The van der Waals surface area contributed by atoms with Crippen LogP contribution >= 0.6 is 0 Å². The van der Waals surface area contributed by atoms with E-state index >= 15 is 0 Å². The fourth-order valence-electron chi connectivity index (χ4n) is 2.88. The lowest BCUT2D eigenvalue weighted by atomic mass is 10.0. The Labute approximate surface area is 146 Å². The Hall–Kier alpha value is -2.67. The van der Waals surface area contributed by atoms with Crippen LogP contribution < -0.4 is 21.9 Å². The van der Waals surface area contributed by atoms with Gasteiger partial charge >= 0.3 is 0 Å². The van der Waals surface area contributed by atoms with Crippen LogP contribution in [0.25, 0.3) is 10.9 Å². The molecule has 3 rings (SSSR count). The summed E-state index contributed by atoms with van der Waals surface area (Å²) in [5, 5.41) is 7.07. The molecule has 1 atom stereocenters. The zero-order valence-corrected chi connectivity index (χ0v) is 14.6. The lowest BCUT2D eigenvalue weighted by molar-refractivity contribution is 0.855. The normalized spacial score (nSPS) is 16.8. The van der Waals surface area contributed by atoms with E-state index in [9.17, 15) is 4.79 Å². The molecule has 0 aromatic carbocycles. The van der Waals surface area contributed by atoms with Gasteiger partial charge in [0.05, 0.1) is 5.52 Å². The summed E-state index contributed by atoms with van der Waals surface area (Å²) in [6.07, 6.45) is 9.70. The molecule has 0 radical (unpaired) electrons. The van der Waals surface area contributed by atoms with Crippen molar-refractivity contribution in [1.29, 1.82) is 0 Å². The van der Waals surface area contributed by atoms with Gasteiger partial charge in [-0.1, -0.05) is 23.8 Å². The van der Waals surface area contributed by atoms with E-state index in [2.05, 4.69) is 50.7 Å². The second kappa shape index (κ2) is 7.48. The number of nitrogens with two attached hydrogens (primary N) is 1. The van der Waals surface area contributed by atoms with Crippen molar-refractivity contribution in [2.45, 2.75) is 32.7 Å². The molecule has 5 N–H and O–H groups in total. The summed E-state index contributed by atoms with van der Waals surface area (Å²) in [5.41, 5.74) is 8.10. The van der Waals surface area contributed by atoms with Gasteiger partial charge in [0.25, 0.3) is 5.56 Å². The zero-order valence-electron chi connectivity index (χ0n) is 14.6. The molecule has 1 aliphatic rings. The predicted octanol–water partition coefficient (Wildman–Crippen LogP) is 2.07. The zero-order chi connectivity index (χ0) is 17.8. The highest BCUT2D eigenvalue weighted by Crippen LogP contribution is 2.23. The maximum absolute atomic E-state index is 12.4. The number of nitrogens with zero attached hydrogens (tertiary/aromatic N) is 2. The SMILES string of the molecule is CC1=CC(Nc2nc(NCCCN)nc3c(C)c[nH]c(=O)c23)CC=C1. The van der Waals surface area contributed by atoms with Crippen molar-refractivity contribution in [3.63, 3.8) is 0 Å². The van der Waals surface area contributed by atoms with Crippen LogP contribution in [0.1, 0.15) is 25.3 Å². The molecular formula is C18H24N6O. The van der Waals surface area contributed by atoms with E-state index < -0.39 is 0 Å². The van der Waals surface area contributed by atoms with Crippen LogP contribution in [-0.4, -0.2) is 34.1 Å². The summed E-state index contributed by atoms with van der Waals surface area (Å²) in [4.78, 5) is 24.2. The van der Waals surface area contributed by atoms with Crippen molar-refractivity contribution < 1.29 is 0 Å². The number of hydrogen-bond acceptors (Lipinski definition) is 6. The smallest absolute Gasteiger partial charge is 0.261 e. The Kier molecular flexibility index (Phi) is 5.14. The summed E-state index contributed by atoms with van der Waals surface area (Å²) < 4.78 is 0. The first-order valence-corrected chi connectivity index (χ1v) is 8.54. The van der Waals surface area contributed by atoms with Gasteiger partial charge in [-0.15, -0.1) is 0 Å². The summed E-state index contributed by atoms with van der Waals surface area (Å²) in [7, 11) is 0. The average Bonchev–Trinajstić information content (AvgIpc) is 2.58. The third-order valence-corrected chi connectivity index (χ3v) is 4.15. The van der Waals surface area contributed by atoms with E-state index in [1.165, 1.54) is 5.57 Å². The number of anilines is 2. The minimum Gasteiger partial charge on any atom is -0.363 e. The highest BCUT2D eigenvalue weighted by Gasteiger charge is 2.16. The second-order valence-corrected chi connectivity index (χ2v) is 6.29. The van der Waals surface area contributed by atoms with Gasteiger partial charge in [-0.3, -0.25) is 4.79 Å². The molecule has 1 aliphatic carbocycles. The van der Waals surface area contributed by atoms with E-state index in [4.69, 9.17) is 5.73 Å². The fraction of sp³-hybridized carbons (Fsp3) is 0.389. The van der Waals surface area contributed by atoms with Crippen LogP contribution in [0.3, 0.4) is 0 Å². The van der Waals surface area contributed by atoms with Crippen molar-refractivity contribution in [1.82, 2.24) is 15.0 Å². The van der Waals surface area contributed by atoms with E-state index in [1.54, 1.807) is 6.20 Å². The molecule has 1 unspecified atom stereocenters. The lowest BCUT2D eigenvalue weighted by Crippen LogP contribution is -2.22. The largest absolute Gasteiger partial charge is 0.363 e. The molecule has 2 aromatic rings. The van der Waals surface area contributed by atoms with E-state index in [0.717, 1.165) is 18.4 Å². The Balaban J connectivity index is 2.03. The number of H-pyrrole nitrogens is 1. The molecule has 0 aliphatic heterocycles. The number of nitrogens with one attached hydrogen (secondary N) is 3. The molecule has 0 saturated carbocycles. The summed E-state index contributed by atoms with van der Waals surface area (Å²) in [5.74, 6) is 1.05. The molecular weight excluding hydrogens is 316 g/mol. The van der Waals surface area contributed by atoms with Gasteiger partial charge in [0.15, 0.2) is 0 Å². The van der Waals surface area contributed by atoms with Gasteiger partial charge in [-0.05, 0) is 38.8 Å². The summed E-state index contributed by atoms with van der Waals surface area (Å²) in [6.45, 7) is 5.27. The number of allylic oxidation sites excluding steroid dienone is 2. The summed E-state index contributed by atoms with van der Waals surface area (Å²) in [6, 6.07) is 0.0971. The summed E-state index contributed by atoms with van der Waals surface area (Å²) >= 11 is 0. The van der Waals surface area contributed by atoms with Gasteiger partial charge in [0.1, 0.15) is 11.2 Å². The minimum atomic E-state index is -0.191. The molecule has 0 spiro atoms. The van der Waals surface area contributed by atoms with E-state index in [0.29, 0.717) is 35.8 Å². The van der Waals surface area contributed by atoms with Crippen LogP contribution in [0.2, 0.25) is 0 Å². The quantitative estimate of drug-likeness (QED) is 0.600. The molecule has 0 fully saturated rings. The highest BCUT2D eigenvalue weighted by atomic mass is 16.1. The van der Waals surface area contributed by atoms with Crippen molar-refractivity contribution in [2.24, 2.45) is 5.73 Å².